The van der Waals surface area contributed by atoms with Gasteiger partial charge in [0.1, 0.15) is 0 Å². The van der Waals surface area contributed by atoms with Gasteiger partial charge in [0.2, 0.25) is 0 Å². The van der Waals surface area contributed by atoms with Crippen LogP contribution in [0.2, 0.25) is 0 Å². The molecule has 0 spiro atoms. The van der Waals surface area contributed by atoms with Gasteiger partial charge in [-0.3, -0.25) is 4.90 Å². The molecule has 0 aromatic carbocycles. The number of nitrogens with zero attached hydrogens (tertiary/aromatic N) is 2. The second-order valence-electron chi connectivity index (χ2n) is 6.45. The molecule has 0 amide bonds. The summed E-state index contributed by atoms with van der Waals surface area (Å²) in [5.41, 5.74) is 1.85. The van der Waals surface area contributed by atoms with E-state index >= 15 is 0 Å². The van der Waals surface area contributed by atoms with Crippen LogP contribution >= 0.6 is 11.8 Å². The predicted octanol–water partition coefficient (Wildman–Crippen LogP) is 2.17. The van der Waals surface area contributed by atoms with Gasteiger partial charge in [-0.2, -0.15) is 4.73 Å². The van der Waals surface area contributed by atoms with E-state index in [0.717, 1.165) is 93.9 Å². The Labute approximate surface area is 161 Å². The molecule has 2 rings (SSSR count). The lowest BCUT2D eigenvalue weighted by Crippen LogP contribution is -2.38. The number of hydrogen-bond donors (Lipinski definition) is 0. The molecule has 0 aliphatic carbocycles. The Bertz CT molecular complexity index is 525. The summed E-state index contributed by atoms with van der Waals surface area (Å²) >= 11 is 1.79. The Hall–Kier alpha value is -0.860. The van der Waals surface area contributed by atoms with Crippen LogP contribution in [0, 0.1) is 19.1 Å². The Morgan fingerprint density at radius 2 is 1.81 bits per heavy atom. The minimum Gasteiger partial charge on any atom is -0.619 e. The molecule has 26 heavy (non-hydrogen) atoms. The summed E-state index contributed by atoms with van der Waals surface area (Å²) in [5.74, 6) is 0.999. The predicted molar refractivity (Wildman–Crippen MR) is 104 cm³/mol. The Morgan fingerprint density at radius 1 is 1.12 bits per heavy atom. The molecule has 0 N–H and O–H groups in total. The lowest BCUT2D eigenvalue weighted by molar-refractivity contribution is -0.613. The molecule has 1 aromatic rings. The van der Waals surface area contributed by atoms with Gasteiger partial charge in [0.05, 0.1) is 19.8 Å². The van der Waals surface area contributed by atoms with Crippen LogP contribution in [-0.4, -0.2) is 69.9 Å². The van der Waals surface area contributed by atoms with Gasteiger partial charge in [-0.05, 0) is 19.8 Å². The van der Waals surface area contributed by atoms with Crippen LogP contribution in [-0.2, 0) is 14.2 Å². The molecule has 7 heteroatoms. The van der Waals surface area contributed by atoms with E-state index in [-0.39, 0.29) is 0 Å². The van der Waals surface area contributed by atoms with Crippen molar-refractivity contribution in [3.8, 4) is 0 Å². The fourth-order valence-corrected chi connectivity index (χ4v) is 3.70. The second kappa shape index (κ2) is 12.5. The lowest BCUT2D eigenvalue weighted by Gasteiger charge is -2.26. The molecule has 1 aliphatic rings. The Morgan fingerprint density at radius 3 is 2.58 bits per heavy atom. The third kappa shape index (κ3) is 7.80. The van der Waals surface area contributed by atoms with Crippen molar-refractivity contribution in [3.63, 3.8) is 0 Å². The topological polar surface area (TPSA) is 57.9 Å². The van der Waals surface area contributed by atoms with Crippen LogP contribution in [0.15, 0.2) is 17.2 Å². The number of hydrogen-bond acceptors (Lipinski definition) is 6. The Balaban J connectivity index is 1.40. The van der Waals surface area contributed by atoms with Crippen LogP contribution in [0.3, 0.4) is 0 Å². The third-order valence-electron chi connectivity index (χ3n) is 4.53. The number of rotatable bonds is 12. The molecule has 0 bridgehead atoms. The van der Waals surface area contributed by atoms with E-state index < -0.39 is 0 Å². The van der Waals surface area contributed by atoms with E-state index in [1.807, 2.05) is 19.9 Å². The van der Waals surface area contributed by atoms with Crippen LogP contribution in [0.4, 0.5) is 0 Å². The average molecular weight is 385 g/mol. The third-order valence-corrected chi connectivity index (χ3v) is 5.77. The summed E-state index contributed by atoms with van der Waals surface area (Å²) in [5, 5.41) is 11.5. The fraction of sp³-hybridized carbons (Fsp3) is 0.737. The molecule has 0 atom stereocenters. The number of ether oxygens (including phenoxy) is 3. The minimum atomic E-state index is 0.752. The second-order valence-corrected chi connectivity index (χ2v) is 7.59. The number of morpholine rings is 1. The number of aromatic nitrogens is 1. The largest absolute Gasteiger partial charge is 0.619 e. The maximum absolute atomic E-state index is 11.5. The van der Waals surface area contributed by atoms with Gasteiger partial charge in [-0.25, -0.2) is 0 Å². The molecule has 2 heterocycles. The molecule has 0 saturated carbocycles. The zero-order valence-electron chi connectivity index (χ0n) is 16.1. The maximum atomic E-state index is 11.5. The highest BCUT2D eigenvalue weighted by molar-refractivity contribution is 7.99. The summed E-state index contributed by atoms with van der Waals surface area (Å²) < 4.78 is 17.6. The molecule has 1 fully saturated rings. The van der Waals surface area contributed by atoms with Gasteiger partial charge in [0.15, 0.2) is 11.9 Å². The first-order valence-corrected chi connectivity index (χ1v) is 10.4. The smallest absolute Gasteiger partial charge is 0.193 e. The first-order valence-electron chi connectivity index (χ1n) is 9.46. The molecular weight excluding hydrogens is 352 g/mol. The average Bonchev–Trinajstić information content (AvgIpc) is 2.66. The van der Waals surface area contributed by atoms with E-state index in [1.54, 1.807) is 18.0 Å². The van der Waals surface area contributed by atoms with Crippen LogP contribution in [0.25, 0.3) is 0 Å². The van der Waals surface area contributed by atoms with Gasteiger partial charge in [-0.15, -0.1) is 11.8 Å². The van der Waals surface area contributed by atoms with Crippen molar-refractivity contribution in [3.05, 3.63) is 28.7 Å². The van der Waals surface area contributed by atoms with E-state index in [9.17, 15) is 5.21 Å². The molecule has 1 aromatic heterocycles. The zero-order chi connectivity index (χ0) is 18.6. The number of thioether (sulfide) groups is 1. The molecular formula is C19H32N2O4S. The van der Waals surface area contributed by atoms with Gasteiger partial charge < -0.3 is 19.4 Å². The fourth-order valence-electron chi connectivity index (χ4n) is 2.70. The van der Waals surface area contributed by atoms with Crippen molar-refractivity contribution in [2.24, 2.45) is 0 Å². The van der Waals surface area contributed by atoms with Crippen molar-refractivity contribution in [2.45, 2.75) is 31.6 Å². The molecule has 1 saturated heterocycles. The first kappa shape index (κ1) is 21.4. The molecule has 6 nitrogen and oxygen atoms in total. The highest BCUT2D eigenvalue weighted by Crippen LogP contribution is 2.23. The van der Waals surface area contributed by atoms with Crippen molar-refractivity contribution < 1.29 is 18.9 Å². The van der Waals surface area contributed by atoms with Crippen LogP contribution < -0.4 is 4.73 Å². The summed E-state index contributed by atoms with van der Waals surface area (Å²) in [7, 11) is 0. The van der Waals surface area contributed by atoms with E-state index in [0.29, 0.717) is 0 Å². The standard InChI is InChI=1S/C19H32N2O4S/c1-17-18(2)21(22)6-5-19(17)26-16-4-12-23-10-3-11-24-13-7-20-8-14-25-15-9-20/h5-6H,3-4,7-16H2,1-2H3. The summed E-state index contributed by atoms with van der Waals surface area (Å²) in [6.07, 6.45) is 3.53. The number of pyridine rings is 1. The van der Waals surface area contributed by atoms with E-state index in [4.69, 9.17) is 14.2 Å². The van der Waals surface area contributed by atoms with Crippen molar-refractivity contribution in [1.29, 1.82) is 0 Å². The van der Waals surface area contributed by atoms with Crippen molar-refractivity contribution >= 4 is 11.8 Å². The van der Waals surface area contributed by atoms with E-state index in [1.165, 1.54) is 4.90 Å². The molecule has 0 unspecified atom stereocenters. The van der Waals surface area contributed by atoms with Crippen molar-refractivity contribution in [2.75, 3.05) is 65.0 Å². The van der Waals surface area contributed by atoms with E-state index in [2.05, 4.69) is 4.90 Å². The van der Waals surface area contributed by atoms with Gasteiger partial charge in [0.25, 0.3) is 0 Å². The summed E-state index contributed by atoms with van der Waals surface area (Å²) in [4.78, 5) is 3.56. The lowest BCUT2D eigenvalue weighted by atomic mass is 10.2. The first-order chi connectivity index (χ1) is 12.7. The highest BCUT2D eigenvalue weighted by Gasteiger charge is 2.10. The van der Waals surface area contributed by atoms with Gasteiger partial charge in [-0.1, -0.05) is 0 Å². The summed E-state index contributed by atoms with van der Waals surface area (Å²) in [6, 6.07) is 1.90. The SMILES string of the molecule is Cc1c(SCCCOCCCOCCN2CCOCC2)cc[n+]([O-])c1C. The molecule has 148 valence electrons. The Kier molecular flexibility index (Phi) is 10.3. The van der Waals surface area contributed by atoms with Gasteiger partial charge in [0, 0.05) is 68.7 Å². The maximum Gasteiger partial charge on any atom is 0.193 e. The summed E-state index contributed by atoms with van der Waals surface area (Å²) in [6.45, 7) is 11.6. The molecule has 0 radical (unpaired) electrons. The van der Waals surface area contributed by atoms with Crippen LogP contribution in [0.1, 0.15) is 24.1 Å². The van der Waals surface area contributed by atoms with Crippen LogP contribution in [0.5, 0.6) is 0 Å². The minimum absolute atomic E-state index is 0.752. The highest BCUT2D eigenvalue weighted by atomic mass is 32.2. The van der Waals surface area contributed by atoms with Crippen molar-refractivity contribution in [1.82, 2.24) is 4.90 Å². The zero-order valence-corrected chi connectivity index (χ0v) is 16.9. The van der Waals surface area contributed by atoms with Gasteiger partial charge >= 0.3 is 0 Å². The molecule has 1 aliphatic heterocycles. The quantitative estimate of drug-likeness (QED) is 0.238. The normalized spacial score (nSPS) is 15.5. The monoisotopic (exact) mass is 384 g/mol.